The van der Waals surface area contributed by atoms with E-state index in [1.807, 2.05) is 0 Å². The van der Waals surface area contributed by atoms with Gasteiger partial charge in [-0.05, 0) is 12.8 Å². The molecular formula is C9H22N2O. The first-order valence-corrected chi connectivity index (χ1v) is 4.51. The van der Waals surface area contributed by atoms with E-state index in [2.05, 4.69) is 26.1 Å². The molecule has 0 aliphatic carbocycles. The summed E-state index contributed by atoms with van der Waals surface area (Å²) in [6.07, 6.45) is 0. The number of hydrogen-bond acceptors (Lipinski definition) is 3. The maximum absolute atomic E-state index is 5.69. The predicted octanol–water partition coefficient (Wildman–Crippen LogP) is 0.596. The summed E-state index contributed by atoms with van der Waals surface area (Å²) in [5.41, 5.74) is 5.73. The third-order valence-electron chi connectivity index (χ3n) is 2.53. The molecule has 0 spiro atoms. The zero-order valence-corrected chi connectivity index (χ0v) is 8.68. The molecule has 0 aromatic heterocycles. The van der Waals surface area contributed by atoms with E-state index < -0.39 is 0 Å². The van der Waals surface area contributed by atoms with Gasteiger partial charge in [0.15, 0.2) is 0 Å². The second-order valence-electron chi connectivity index (χ2n) is 3.70. The Hall–Kier alpha value is -0.120. The van der Waals surface area contributed by atoms with Crippen molar-refractivity contribution < 1.29 is 4.74 Å². The molecule has 0 amide bonds. The Bertz CT molecular complexity index is 117. The number of rotatable bonds is 6. The lowest BCUT2D eigenvalue weighted by Gasteiger charge is -2.33. The van der Waals surface area contributed by atoms with Crippen LogP contribution in [0, 0.1) is 5.92 Å². The highest BCUT2D eigenvalue weighted by atomic mass is 16.5. The Morgan fingerprint density at radius 1 is 1.50 bits per heavy atom. The van der Waals surface area contributed by atoms with Gasteiger partial charge in [0.2, 0.25) is 0 Å². The summed E-state index contributed by atoms with van der Waals surface area (Å²) in [7, 11) is 1.71. The van der Waals surface area contributed by atoms with Crippen molar-refractivity contribution in [3.05, 3.63) is 0 Å². The zero-order chi connectivity index (χ0) is 9.61. The number of nitrogens with one attached hydrogen (secondary N) is 1. The van der Waals surface area contributed by atoms with Crippen molar-refractivity contribution >= 4 is 0 Å². The first-order chi connectivity index (χ1) is 5.56. The predicted molar refractivity (Wildman–Crippen MR) is 52.2 cm³/mol. The molecule has 1 unspecified atom stereocenters. The molecule has 3 N–H and O–H groups in total. The van der Waals surface area contributed by atoms with Crippen molar-refractivity contribution in [3.8, 4) is 0 Å². The van der Waals surface area contributed by atoms with E-state index in [0.29, 0.717) is 12.5 Å². The topological polar surface area (TPSA) is 47.3 Å². The van der Waals surface area contributed by atoms with Crippen LogP contribution >= 0.6 is 0 Å². The minimum Gasteiger partial charge on any atom is -0.383 e. The molecule has 0 radical (unpaired) electrons. The quantitative estimate of drug-likeness (QED) is 0.580. The molecule has 0 aliphatic rings. The van der Waals surface area contributed by atoms with E-state index >= 15 is 0 Å². The second kappa shape index (κ2) is 5.51. The molecule has 0 saturated carbocycles. The van der Waals surface area contributed by atoms with Crippen LogP contribution < -0.4 is 11.1 Å². The first-order valence-electron chi connectivity index (χ1n) is 4.51. The van der Waals surface area contributed by atoms with Crippen LogP contribution in [0.4, 0.5) is 0 Å². The van der Waals surface area contributed by atoms with Gasteiger partial charge < -0.3 is 15.8 Å². The van der Waals surface area contributed by atoms with Gasteiger partial charge in [0, 0.05) is 25.7 Å². The molecule has 0 heterocycles. The van der Waals surface area contributed by atoms with Gasteiger partial charge >= 0.3 is 0 Å². The van der Waals surface area contributed by atoms with Crippen LogP contribution in [0.3, 0.4) is 0 Å². The molecule has 74 valence electrons. The maximum atomic E-state index is 5.69. The van der Waals surface area contributed by atoms with Gasteiger partial charge in [-0.15, -0.1) is 0 Å². The molecule has 3 nitrogen and oxygen atoms in total. The van der Waals surface area contributed by atoms with E-state index in [9.17, 15) is 0 Å². The maximum Gasteiger partial charge on any atom is 0.0587 e. The smallest absolute Gasteiger partial charge is 0.0587 e. The highest BCUT2D eigenvalue weighted by Crippen LogP contribution is 2.13. The summed E-state index contributed by atoms with van der Waals surface area (Å²) in [5, 5.41) is 3.40. The lowest BCUT2D eigenvalue weighted by Crippen LogP contribution is -2.53. The summed E-state index contributed by atoms with van der Waals surface area (Å²) in [5.74, 6) is 0.541. The third kappa shape index (κ3) is 3.52. The monoisotopic (exact) mass is 174 g/mol. The van der Waals surface area contributed by atoms with Gasteiger partial charge in [-0.25, -0.2) is 0 Å². The Morgan fingerprint density at radius 2 is 2.08 bits per heavy atom. The highest BCUT2D eigenvalue weighted by Gasteiger charge is 2.25. The lowest BCUT2D eigenvalue weighted by molar-refractivity contribution is 0.175. The fraction of sp³-hybridized carbons (Fsp3) is 1.00. The molecule has 0 aliphatic heterocycles. The van der Waals surface area contributed by atoms with E-state index in [4.69, 9.17) is 10.5 Å². The molecule has 3 heteroatoms. The number of methoxy groups -OCH3 is 1. The number of nitrogens with two attached hydrogens (primary N) is 1. The SMILES string of the molecule is COCCNC(C)(CN)C(C)C. The molecule has 12 heavy (non-hydrogen) atoms. The van der Waals surface area contributed by atoms with Crippen molar-refractivity contribution in [2.24, 2.45) is 11.7 Å². The third-order valence-corrected chi connectivity index (χ3v) is 2.53. The molecular weight excluding hydrogens is 152 g/mol. The standard InChI is InChI=1S/C9H22N2O/c1-8(2)9(3,7-10)11-5-6-12-4/h8,11H,5-7,10H2,1-4H3. The van der Waals surface area contributed by atoms with Gasteiger partial charge in [-0.3, -0.25) is 0 Å². The van der Waals surface area contributed by atoms with E-state index in [1.54, 1.807) is 7.11 Å². The van der Waals surface area contributed by atoms with Gasteiger partial charge in [0.1, 0.15) is 0 Å². The summed E-state index contributed by atoms with van der Waals surface area (Å²) >= 11 is 0. The highest BCUT2D eigenvalue weighted by molar-refractivity contribution is 4.86. The second-order valence-corrected chi connectivity index (χ2v) is 3.70. The Labute approximate surface area is 75.7 Å². The van der Waals surface area contributed by atoms with Gasteiger partial charge in [0.25, 0.3) is 0 Å². The summed E-state index contributed by atoms with van der Waals surface area (Å²) in [4.78, 5) is 0. The molecule has 1 atom stereocenters. The Kier molecular flexibility index (Phi) is 5.46. The lowest BCUT2D eigenvalue weighted by atomic mass is 9.88. The summed E-state index contributed by atoms with van der Waals surface area (Å²) in [6.45, 7) is 8.76. The van der Waals surface area contributed by atoms with Crippen LogP contribution in [0.25, 0.3) is 0 Å². The summed E-state index contributed by atoms with van der Waals surface area (Å²) < 4.78 is 4.96. The normalized spacial score (nSPS) is 16.5. The van der Waals surface area contributed by atoms with Crippen LogP contribution in [0.15, 0.2) is 0 Å². The Balaban J connectivity index is 3.80. The number of hydrogen-bond donors (Lipinski definition) is 2. The largest absolute Gasteiger partial charge is 0.383 e. The van der Waals surface area contributed by atoms with E-state index in [-0.39, 0.29) is 5.54 Å². The molecule has 0 saturated heterocycles. The van der Waals surface area contributed by atoms with E-state index in [1.165, 1.54) is 0 Å². The van der Waals surface area contributed by atoms with Gasteiger partial charge in [-0.1, -0.05) is 13.8 Å². The first kappa shape index (κ1) is 11.9. The van der Waals surface area contributed by atoms with Crippen molar-refractivity contribution in [2.45, 2.75) is 26.3 Å². The fourth-order valence-corrected chi connectivity index (χ4v) is 0.951. The minimum absolute atomic E-state index is 0.0402. The number of ether oxygens (including phenoxy) is 1. The Morgan fingerprint density at radius 3 is 2.42 bits per heavy atom. The summed E-state index contributed by atoms with van der Waals surface area (Å²) in [6, 6.07) is 0. The van der Waals surface area contributed by atoms with Crippen LogP contribution in [-0.4, -0.2) is 32.3 Å². The molecule has 0 aromatic carbocycles. The van der Waals surface area contributed by atoms with Crippen molar-refractivity contribution in [1.29, 1.82) is 0 Å². The molecule has 0 fully saturated rings. The van der Waals surface area contributed by atoms with Crippen molar-refractivity contribution in [2.75, 3.05) is 26.8 Å². The van der Waals surface area contributed by atoms with Gasteiger partial charge in [-0.2, -0.15) is 0 Å². The molecule has 0 bridgehead atoms. The van der Waals surface area contributed by atoms with Crippen LogP contribution in [0.2, 0.25) is 0 Å². The van der Waals surface area contributed by atoms with Crippen LogP contribution in [-0.2, 0) is 4.74 Å². The van der Waals surface area contributed by atoms with E-state index in [0.717, 1.165) is 13.2 Å². The average molecular weight is 174 g/mol. The van der Waals surface area contributed by atoms with Crippen molar-refractivity contribution in [3.63, 3.8) is 0 Å². The zero-order valence-electron chi connectivity index (χ0n) is 8.68. The average Bonchev–Trinajstić information content (AvgIpc) is 2.04. The van der Waals surface area contributed by atoms with Crippen LogP contribution in [0.5, 0.6) is 0 Å². The van der Waals surface area contributed by atoms with Crippen molar-refractivity contribution in [1.82, 2.24) is 5.32 Å². The molecule has 0 aromatic rings. The minimum atomic E-state index is 0.0402. The molecule has 0 rings (SSSR count). The fourth-order valence-electron chi connectivity index (χ4n) is 0.951. The van der Waals surface area contributed by atoms with Crippen LogP contribution in [0.1, 0.15) is 20.8 Å². The van der Waals surface area contributed by atoms with Gasteiger partial charge in [0.05, 0.1) is 6.61 Å².